The number of nitrogens with zero attached hydrogens (tertiary/aromatic N) is 1. The van der Waals surface area contributed by atoms with E-state index in [0.717, 1.165) is 21.8 Å². The smallest absolute Gasteiger partial charge is 0.274 e. The first-order chi connectivity index (χ1) is 9.45. The van der Waals surface area contributed by atoms with Crippen LogP contribution in [0.25, 0.3) is 0 Å². The summed E-state index contributed by atoms with van der Waals surface area (Å²) in [4.78, 5) is 21.8. The van der Waals surface area contributed by atoms with Gasteiger partial charge in [0.2, 0.25) is 0 Å². The first kappa shape index (κ1) is 14.4. The van der Waals surface area contributed by atoms with Gasteiger partial charge in [0.15, 0.2) is 0 Å². The van der Waals surface area contributed by atoms with E-state index < -0.39 is 22.3 Å². The topological polar surface area (TPSA) is 72.2 Å². The van der Waals surface area contributed by atoms with Crippen LogP contribution in [0, 0.1) is 19.5 Å². The Balaban J connectivity index is 2.23. The Hall–Kier alpha value is -2.03. The lowest BCUT2D eigenvalue weighted by Crippen LogP contribution is -2.12. The van der Waals surface area contributed by atoms with Crippen molar-refractivity contribution in [1.82, 2.24) is 0 Å². The van der Waals surface area contributed by atoms with Gasteiger partial charge in [-0.05, 0) is 52.9 Å². The minimum atomic E-state index is -0.780. The van der Waals surface area contributed by atoms with Gasteiger partial charge in [-0.3, -0.25) is 14.9 Å². The SMILES string of the molecule is O=C(Nc1cc(F)cc([N+](=O)[O-])c1)c1ccc(I)cc1. The molecule has 2 rings (SSSR count). The van der Waals surface area contributed by atoms with Crippen LogP contribution in [-0.2, 0) is 0 Å². The number of non-ortho nitro benzene ring substituents is 1. The van der Waals surface area contributed by atoms with Crippen LogP contribution in [0.1, 0.15) is 10.4 Å². The van der Waals surface area contributed by atoms with Crippen LogP contribution in [-0.4, -0.2) is 10.8 Å². The molecule has 0 aliphatic heterocycles. The van der Waals surface area contributed by atoms with E-state index in [1.807, 2.05) is 0 Å². The third-order valence-electron chi connectivity index (χ3n) is 2.46. The zero-order valence-corrected chi connectivity index (χ0v) is 12.1. The van der Waals surface area contributed by atoms with Crippen molar-refractivity contribution in [2.45, 2.75) is 0 Å². The number of nitrogens with one attached hydrogen (secondary N) is 1. The molecule has 102 valence electrons. The Morgan fingerprint density at radius 1 is 1.20 bits per heavy atom. The highest BCUT2D eigenvalue weighted by atomic mass is 127. The number of hydrogen-bond donors (Lipinski definition) is 1. The molecule has 0 spiro atoms. The van der Waals surface area contributed by atoms with Crippen molar-refractivity contribution in [2.75, 3.05) is 5.32 Å². The zero-order chi connectivity index (χ0) is 14.7. The van der Waals surface area contributed by atoms with Crippen LogP contribution < -0.4 is 5.32 Å². The normalized spacial score (nSPS) is 10.1. The number of anilines is 1. The van der Waals surface area contributed by atoms with Crippen LogP contribution in [0.4, 0.5) is 15.8 Å². The van der Waals surface area contributed by atoms with Gasteiger partial charge in [-0.25, -0.2) is 4.39 Å². The molecule has 0 saturated carbocycles. The molecule has 0 aliphatic carbocycles. The van der Waals surface area contributed by atoms with Crippen LogP contribution in [0.15, 0.2) is 42.5 Å². The van der Waals surface area contributed by atoms with Gasteiger partial charge in [-0.15, -0.1) is 0 Å². The maximum Gasteiger partial charge on any atom is 0.274 e. The molecule has 1 N–H and O–H groups in total. The molecule has 0 saturated heterocycles. The van der Waals surface area contributed by atoms with E-state index in [2.05, 4.69) is 27.9 Å². The number of carbonyl (C=O) groups is 1. The largest absolute Gasteiger partial charge is 0.322 e. The summed E-state index contributed by atoms with van der Waals surface area (Å²) in [5, 5.41) is 13.1. The first-order valence-electron chi connectivity index (χ1n) is 5.47. The predicted octanol–water partition coefficient (Wildman–Crippen LogP) is 3.59. The molecule has 20 heavy (non-hydrogen) atoms. The van der Waals surface area contributed by atoms with Gasteiger partial charge >= 0.3 is 0 Å². The minimum absolute atomic E-state index is 0.0419. The molecule has 0 aromatic heterocycles. The third kappa shape index (κ3) is 3.50. The molecule has 0 heterocycles. The van der Waals surface area contributed by atoms with E-state index in [1.165, 1.54) is 0 Å². The van der Waals surface area contributed by atoms with Gasteiger partial charge in [-0.1, -0.05) is 0 Å². The highest BCUT2D eigenvalue weighted by Crippen LogP contribution is 2.20. The third-order valence-corrected chi connectivity index (χ3v) is 3.18. The summed E-state index contributed by atoms with van der Waals surface area (Å²) >= 11 is 2.10. The number of carbonyl (C=O) groups excluding carboxylic acids is 1. The van der Waals surface area contributed by atoms with Crippen molar-refractivity contribution in [3.8, 4) is 0 Å². The highest BCUT2D eigenvalue weighted by molar-refractivity contribution is 14.1. The van der Waals surface area contributed by atoms with Crippen LogP contribution >= 0.6 is 22.6 Å². The second-order valence-electron chi connectivity index (χ2n) is 3.92. The Kier molecular flexibility index (Phi) is 4.28. The van der Waals surface area contributed by atoms with E-state index in [9.17, 15) is 19.3 Å². The molecule has 2 aromatic carbocycles. The van der Waals surface area contributed by atoms with Crippen molar-refractivity contribution in [3.63, 3.8) is 0 Å². The Morgan fingerprint density at radius 2 is 1.85 bits per heavy atom. The highest BCUT2D eigenvalue weighted by Gasteiger charge is 2.12. The van der Waals surface area contributed by atoms with E-state index in [-0.39, 0.29) is 5.69 Å². The quantitative estimate of drug-likeness (QED) is 0.498. The van der Waals surface area contributed by atoms with Gasteiger partial charge in [0.05, 0.1) is 16.7 Å². The Morgan fingerprint density at radius 3 is 2.45 bits per heavy atom. The lowest BCUT2D eigenvalue weighted by atomic mass is 10.2. The molecule has 0 aliphatic rings. The molecule has 2 aromatic rings. The Labute approximate surface area is 127 Å². The van der Waals surface area contributed by atoms with E-state index in [4.69, 9.17) is 0 Å². The van der Waals surface area contributed by atoms with Gasteiger partial charge in [-0.2, -0.15) is 0 Å². The molecule has 0 fully saturated rings. The lowest BCUT2D eigenvalue weighted by molar-refractivity contribution is -0.385. The van der Waals surface area contributed by atoms with Gasteiger partial charge in [0.25, 0.3) is 11.6 Å². The second kappa shape index (κ2) is 5.95. The summed E-state index contributed by atoms with van der Waals surface area (Å²) in [6, 6.07) is 9.66. The van der Waals surface area contributed by atoms with Crippen molar-refractivity contribution in [3.05, 3.63) is 67.5 Å². The van der Waals surface area contributed by atoms with Crippen molar-refractivity contribution in [2.24, 2.45) is 0 Å². The summed E-state index contributed by atoms with van der Waals surface area (Å²) in [6.07, 6.45) is 0. The fourth-order valence-electron chi connectivity index (χ4n) is 1.56. The number of nitro benzene ring substituents is 1. The molecule has 5 nitrogen and oxygen atoms in total. The number of benzene rings is 2. The second-order valence-corrected chi connectivity index (χ2v) is 5.16. The fraction of sp³-hybridized carbons (Fsp3) is 0. The van der Waals surface area contributed by atoms with Crippen molar-refractivity contribution < 1.29 is 14.1 Å². The molecular weight excluding hydrogens is 378 g/mol. The molecule has 0 bridgehead atoms. The van der Waals surface area contributed by atoms with E-state index in [1.54, 1.807) is 24.3 Å². The van der Waals surface area contributed by atoms with Gasteiger partial charge in [0, 0.05) is 15.2 Å². The molecular formula is C13H8FIN2O3. The summed E-state index contributed by atoms with van der Waals surface area (Å²) in [6.45, 7) is 0. The molecule has 0 atom stereocenters. The van der Waals surface area contributed by atoms with Crippen LogP contribution in [0.3, 0.4) is 0 Å². The van der Waals surface area contributed by atoms with Crippen LogP contribution in [0.5, 0.6) is 0 Å². The molecule has 7 heteroatoms. The summed E-state index contributed by atoms with van der Waals surface area (Å²) in [7, 11) is 0. The number of amides is 1. The lowest BCUT2D eigenvalue weighted by Gasteiger charge is -2.05. The summed E-state index contributed by atoms with van der Waals surface area (Å²) < 4.78 is 14.2. The number of halogens is 2. The maximum atomic E-state index is 13.2. The maximum absolute atomic E-state index is 13.2. The monoisotopic (exact) mass is 386 g/mol. The molecule has 0 unspecified atom stereocenters. The fourth-order valence-corrected chi connectivity index (χ4v) is 1.92. The van der Waals surface area contributed by atoms with Gasteiger partial charge in [0.1, 0.15) is 5.82 Å². The number of rotatable bonds is 3. The van der Waals surface area contributed by atoms with Crippen molar-refractivity contribution >= 4 is 39.9 Å². The molecule has 0 radical (unpaired) electrons. The zero-order valence-electron chi connectivity index (χ0n) is 9.97. The van der Waals surface area contributed by atoms with Crippen molar-refractivity contribution in [1.29, 1.82) is 0 Å². The minimum Gasteiger partial charge on any atom is -0.322 e. The predicted molar refractivity (Wildman–Crippen MR) is 80.2 cm³/mol. The first-order valence-corrected chi connectivity index (χ1v) is 6.55. The summed E-state index contributed by atoms with van der Waals surface area (Å²) in [5.74, 6) is -1.24. The number of hydrogen-bond acceptors (Lipinski definition) is 3. The van der Waals surface area contributed by atoms with Gasteiger partial charge < -0.3 is 5.32 Å². The summed E-state index contributed by atoms with van der Waals surface area (Å²) in [5.41, 5.74) is 0.0143. The van der Waals surface area contributed by atoms with E-state index >= 15 is 0 Å². The van der Waals surface area contributed by atoms with E-state index in [0.29, 0.717) is 5.56 Å². The van der Waals surface area contributed by atoms with Crippen LogP contribution in [0.2, 0.25) is 0 Å². The standard InChI is InChI=1S/C13H8FIN2O3/c14-9-5-11(7-12(6-9)17(19)20)16-13(18)8-1-3-10(15)4-2-8/h1-7H,(H,16,18). The average molecular weight is 386 g/mol. The average Bonchev–Trinajstić information content (AvgIpc) is 2.38. The Bertz CT molecular complexity index is 674. The molecule has 1 amide bonds. The number of nitro groups is 1.